The van der Waals surface area contributed by atoms with Crippen LogP contribution in [0.1, 0.15) is 44.4 Å². The third kappa shape index (κ3) is 4.41. The molecule has 0 aromatic heterocycles. The van der Waals surface area contributed by atoms with Gasteiger partial charge in [0.05, 0.1) is 17.7 Å². The number of aliphatic hydroxyl groups is 1. The second-order valence-corrected chi connectivity index (χ2v) is 5.71. The van der Waals surface area contributed by atoms with E-state index < -0.39 is 6.10 Å². The van der Waals surface area contributed by atoms with E-state index in [4.69, 9.17) is 5.26 Å². The molecule has 0 saturated heterocycles. The lowest BCUT2D eigenvalue weighted by Gasteiger charge is -2.12. The predicted octanol–water partition coefficient (Wildman–Crippen LogP) is 3.75. The third-order valence-electron chi connectivity index (χ3n) is 2.55. The Morgan fingerprint density at radius 2 is 2.06 bits per heavy atom. The average molecular weight is 249 g/mol. The predicted molar refractivity (Wildman–Crippen MR) is 72.0 cm³/mol. The van der Waals surface area contributed by atoms with Crippen molar-refractivity contribution < 1.29 is 5.11 Å². The first-order valence-corrected chi connectivity index (χ1v) is 6.88. The molecule has 1 aromatic carbocycles. The Bertz CT molecular complexity index is 407. The van der Waals surface area contributed by atoms with Gasteiger partial charge in [0.15, 0.2) is 0 Å². The SMILES string of the molecule is CC(C)CCSc1cc(C#N)ccc1[C@H](C)O. The summed E-state index contributed by atoms with van der Waals surface area (Å²) in [6.07, 6.45) is 0.657. The fraction of sp³-hybridized carbons (Fsp3) is 0.500. The molecule has 92 valence electrons. The van der Waals surface area contributed by atoms with Gasteiger partial charge in [-0.1, -0.05) is 19.9 Å². The van der Waals surface area contributed by atoms with E-state index in [1.54, 1.807) is 24.8 Å². The Labute approximate surface area is 108 Å². The molecule has 0 unspecified atom stereocenters. The normalized spacial score (nSPS) is 12.5. The molecule has 2 nitrogen and oxygen atoms in total. The van der Waals surface area contributed by atoms with Crippen LogP contribution in [0.5, 0.6) is 0 Å². The fourth-order valence-corrected chi connectivity index (χ4v) is 2.90. The Morgan fingerprint density at radius 1 is 1.35 bits per heavy atom. The van der Waals surface area contributed by atoms with E-state index in [0.717, 1.165) is 22.6 Å². The minimum absolute atomic E-state index is 0.482. The van der Waals surface area contributed by atoms with Crippen LogP contribution in [0.4, 0.5) is 0 Å². The van der Waals surface area contributed by atoms with Gasteiger partial charge in [0.2, 0.25) is 0 Å². The zero-order chi connectivity index (χ0) is 12.8. The molecule has 0 saturated carbocycles. The first kappa shape index (κ1) is 14.1. The third-order valence-corrected chi connectivity index (χ3v) is 3.65. The molecule has 1 aromatic rings. The van der Waals surface area contributed by atoms with E-state index in [-0.39, 0.29) is 0 Å². The highest BCUT2D eigenvalue weighted by Gasteiger charge is 2.09. The van der Waals surface area contributed by atoms with Gasteiger partial charge in [0, 0.05) is 4.90 Å². The van der Waals surface area contributed by atoms with E-state index in [2.05, 4.69) is 19.9 Å². The summed E-state index contributed by atoms with van der Waals surface area (Å²) < 4.78 is 0. The maximum atomic E-state index is 9.68. The van der Waals surface area contributed by atoms with E-state index in [9.17, 15) is 5.11 Å². The molecule has 0 spiro atoms. The molecular weight excluding hydrogens is 230 g/mol. The summed E-state index contributed by atoms with van der Waals surface area (Å²) in [4.78, 5) is 1.03. The maximum Gasteiger partial charge on any atom is 0.0992 e. The standard InChI is InChI=1S/C14H19NOS/c1-10(2)6-7-17-14-8-12(9-15)4-5-13(14)11(3)16/h4-5,8,10-11,16H,6-7H2,1-3H3/t11-/m0/s1. The number of nitriles is 1. The molecular formula is C14H19NOS. The van der Waals surface area contributed by atoms with Crippen LogP contribution in [0, 0.1) is 17.2 Å². The largest absolute Gasteiger partial charge is 0.389 e. The quantitative estimate of drug-likeness (QED) is 0.808. The number of rotatable bonds is 5. The van der Waals surface area contributed by atoms with Crippen LogP contribution in [-0.4, -0.2) is 10.9 Å². The Kier molecular flexibility index (Phi) is 5.54. The summed E-state index contributed by atoms with van der Waals surface area (Å²) in [5.74, 6) is 1.70. The molecule has 0 amide bonds. The molecule has 1 atom stereocenters. The number of hydrogen-bond acceptors (Lipinski definition) is 3. The number of benzene rings is 1. The maximum absolute atomic E-state index is 9.68. The van der Waals surface area contributed by atoms with Gasteiger partial charge in [-0.25, -0.2) is 0 Å². The highest BCUT2D eigenvalue weighted by atomic mass is 32.2. The van der Waals surface area contributed by atoms with E-state index in [1.807, 2.05) is 12.1 Å². The molecule has 1 rings (SSSR count). The summed E-state index contributed by atoms with van der Waals surface area (Å²) in [6, 6.07) is 7.61. The second kappa shape index (κ2) is 6.68. The van der Waals surface area contributed by atoms with Gasteiger partial charge >= 0.3 is 0 Å². The van der Waals surface area contributed by atoms with Crippen LogP contribution in [0.3, 0.4) is 0 Å². The van der Waals surface area contributed by atoms with Crippen molar-refractivity contribution in [2.24, 2.45) is 5.92 Å². The van der Waals surface area contributed by atoms with Gasteiger partial charge < -0.3 is 5.11 Å². The minimum atomic E-state index is -0.482. The Balaban J connectivity index is 2.83. The van der Waals surface area contributed by atoms with Crippen LogP contribution in [0.15, 0.2) is 23.1 Å². The molecule has 0 fully saturated rings. The molecule has 0 heterocycles. The lowest BCUT2D eigenvalue weighted by Crippen LogP contribution is -1.96. The lowest BCUT2D eigenvalue weighted by atomic mass is 10.1. The molecule has 0 aliphatic heterocycles. The van der Waals surface area contributed by atoms with Crippen molar-refractivity contribution in [3.05, 3.63) is 29.3 Å². The molecule has 0 bridgehead atoms. The van der Waals surface area contributed by atoms with Gasteiger partial charge in [0.1, 0.15) is 0 Å². The van der Waals surface area contributed by atoms with Crippen LogP contribution in [0.2, 0.25) is 0 Å². The first-order chi connectivity index (χ1) is 8.04. The summed E-state index contributed by atoms with van der Waals surface area (Å²) in [5, 5.41) is 18.6. The van der Waals surface area contributed by atoms with Crippen molar-refractivity contribution in [2.75, 3.05) is 5.75 Å². The van der Waals surface area contributed by atoms with Gasteiger partial charge in [-0.15, -0.1) is 11.8 Å². The van der Waals surface area contributed by atoms with Gasteiger partial charge in [-0.05, 0) is 42.7 Å². The van der Waals surface area contributed by atoms with Crippen molar-refractivity contribution in [2.45, 2.75) is 38.2 Å². The summed E-state index contributed by atoms with van der Waals surface area (Å²) >= 11 is 1.72. The summed E-state index contributed by atoms with van der Waals surface area (Å²) in [6.45, 7) is 6.15. The molecule has 1 N–H and O–H groups in total. The van der Waals surface area contributed by atoms with Crippen molar-refractivity contribution in [3.63, 3.8) is 0 Å². The highest BCUT2D eigenvalue weighted by molar-refractivity contribution is 7.99. The van der Waals surface area contributed by atoms with Gasteiger partial charge in [-0.2, -0.15) is 5.26 Å². The van der Waals surface area contributed by atoms with Crippen molar-refractivity contribution >= 4 is 11.8 Å². The molecule has 0 radical (unpaired) electrons. The van der Waals surface area contributed by atoms with E-state index in [0.29, 0.717) is 11.5 Å². The monoisotopic (exact) mass is 249 g/mol. The van der Waals surface area contributed by atoms with Crippen molar-refractivity contribution in [1.29, 1.82) is 5.26 Å². The fourth-order valence-electron chi connectivity index (χ4n) is 1.48. The van der Waals surface area contributed by atoms with Crippen LogP contribution in [0.25, 0.3) is 0 Å². The van der Waals surface area contributed by atoms with Crippen molar-refractivity contribution in [3.8, 4) is 6.07 Å². The first-order valence-electron chi connectivity index (χ1n) is 5.89. The number of nitrogens with zero attached hydrogens (tertiary/aromatic N) is 1. The van der Waals surface area contributed by atoms with E-state index >= 15 is 0 Å². The molecule has 0 aliphatic rings. The highest BCUT2D eigenvalue weighted by Crippen LogP contribution is 2.29. The average Bonchev–Trinajstić information content (AvgIpc) is 2.28. The number of thioether (sulfide) groups is 1. The van der Waals surface area contributed by atoms with Crippen LogP contribution >= 0.6 is 11.8 Å². The number of hydrogen-bond donors (Lipinski definition) is 1. The summed E-state index contributed by atoms with van der Waals surface area (Å²) in [5.41, 5.74) is 1.57. The zero-order valence-corrected chi connectivity index (χ0v) is 11.4. The topological polar surface area (TPSA) is 44.0 Å². The van der Waals surface area contributed by atoms with E-state index in [1.165, 1.54) is 0 Å². The molecule has 17 heavy (non-hydrogen) atoms. The summed E-state index contributed by atoms with van der Waals surface area (Å²) in [7, 11) is 0. The van der Waals surface area contributed by atoms with Gasteiger partial charge in [0.25, 0.3) is 0 Å². The lowest BCUT2D eigenvalue weighted by molar-refractivity contribution is 0.196. The Hall–Kier alpha value is -0.980. The minimum Gasteiger partial charge on any atom is -0.389 e. The van der Waals surface area contributed by atoms with Crippen LogP contribution in [-0.2, 0) is 0 Å². The second-order valence-electron chi connectivity index (χ2n) is 4.57. The van der Waals surface area contributed by atoms with Crippen molar-refractivity contribution in [1.82, 2.24) is 0 Å². The molecule has 0 aliphatic carbocycles. The zero-order valence-electron chi connectivity index (χ0n) is 10.6. The van der Waals surface area contributed by atoms with Gasteiger partial charge in [-0.3, -0.25) is 0 Å². The van der Waals surface area contributed by atoms with Crippen LogP contribution < -0.4 is 0 Å². The number of aliphatic hydroxyl groups excluding tert-OH is 1. The smallest absolute Gasteiger partial charge is 0.0992 e. The molecule has 3 heteroatoms. The Morgan fingerprint density at radius 3 is 2.59 bits per heavy atom.